The van der Waals surface area contributed by atoms with E-state index in [0.717, 1.165) is 31.5 Å². The highest BCUT2D eigenvalue weighted by atomic mass is 16.2. The van der Waals surface area contributed by atoms with Gasteiger partial charge in [0.05, 0.1) is 6.54 Å². The highest BCUT2D eigenvalue weighted by Gasteiger charge is 2.31. The number of likely N-dealkylation sites (tertiary alicyclic amines) is 1. The number of likely N-dealkylation sites (N-methyl/N-ethyl adjacent to an activating group) is 1. The summed E-state index contributed by atoms with van der Waals surface area (Å²) < 4.78 is 0. The monoisotopic (exact) mass is 275 g/mol. The fourth-order valence-electron chi connectivity index (χ4n) is 2.67. The molecule has 2 rings (SSSR count). The molecule has 0 radical (unpaired) electrons. The second kappa shape index (κ2) is 6.52. The predicted octanol–water partition coefficient (Wildman–Crippen LogP) is 0.767. The first-order valence-corrected chi connectivity index (χ1v) is 6.92. The largest absolute Gasteiger partial charge is 0.369 e. The Bertz CT molecular complexity index is 469. The third-order valence-corrected chi connectivity index (χ3v) is 3.61. The third-order valence-electron chi connectivity index (χ3n) is 3.61. The molecule has 0 aromatic heterocycles. The number of nitrogens with two attached hydrogens (primary N) is 1. The zero-order chi connectivity index (χ0) is 14.5. The quantitative estimate of drug-likeness (QED) is 0.863. The maximum atomic E-state index is 12.7. The maximum Gasteiger partial charge on any atom is 0.244 e. The van der Waals surface area contributed by atoms with E-state index in [1.54, 1.807) is 11.9 Å². The molecule has 0 bridgehead atoms. The second-order valence-corrected chi connectivity index (χ2v) is 5.23. The Morgan fingerprint density at radius 3 is 2.40 bits per heavy atom. The fraction of sp³-hybridized carbons (Fsp3) is 0.467. The average molecular weight is 275 g/mol. The molecule has 1 aromatic carbocycles. The minimum Gasteiger partial charge on any atom is -0.369 e. The molecule has 1 heterocycles. The minimum absolute atomic E-state index is 0.0532. The lowest BCUT2D eigenvalue weighted by Crippen LogP contribution is -2.43. The SMILES string of the molecule is CN(CC(N)=O)[C@@H](C(=O)N1CCCC1)c1ccccc1. The Kier molecular flexibility index (Phi) is 4.74. The third kappa shape index (κ3) is 3.36. The van der Waals surface area contributed by atoms with E-state index in [2.05, 4.69) is 0 Å². The molecule has 2 amide bonds. The molecule has 0 unspecified atom stereocenters. The maximum absolute atomic E-state index is 12.7. The summed E-state index contributed by atoms with van der Waals surface area (Å²) in [5.41, 5.74) is 6.15. The molecular formula is C15H21N3O2. The van der Waals surface area contributed by atoms with Crippen LogP contribution in [0.5, 0.6) is 0 Å². The van der Waals surface area contributed by atoms with E-state index < -0.39 is 11.9 Å². The molecule has 0 saturated carbocycles. The van der Waals surface area contributed by atoms with E-state index >= 15 is 0 Å². The molecular weight excluding hydrogens is 254 g/mol. The van der Waals surface area contributed by atoms with Crippen LogP contribution >= 0.6 is 0 Å². The molecule has 5 nitrogen and oxygen atoms in total. The van der Waals surface area contributed by atoms with Gasteiger partial charge in [-0.15, -0.1) is 0 Å². The number of hydrogen-bond donors (Lipinski definition) is 1. The molecule has 5 heteroatoms. The molecule has 20 heavy (non-hydrogen) atoms. The van der Waals surface area contributed by atoms with Crippen molar-refractivity contribution >= 4 is 11.8 Å². The average Bonchev–Trinajstić information content (AvgIpc) is 2.93. The lowest BCUT2D eigenvalue weighted by Gasteiger charge is -2.30. The van der Waals surface area contributed by atoms with Crippen molar-refractivity contribution in [2.45, 2.75) is 18.9 Å². The molecule has 0 spiro atoms. The van der Waals surface area contributed by atoms with Crippen molar-refractivity contribution in [3.63, 3.8) is 0 Å². The number of rotatable bonds is 5. The predicted molar refractivity (Wildman–Crippen MR) is 76.8 cm³/mol. The first-order valence-electron chi connectivity index (χ1n) is 6.92. The van der Waals surface area contributed by atoms with Gasteiger partial charge in [0, 0.05) is 13.1 Å². The van der Waals surface area contributed by atoms with Crippen LogP contribution in [0.15, 0.2) is 30.3 Å². The van der Waals surface area contributed by atoms with Gasteiger partial charge in [0.1, 0.15) is 6.04 Å². The molecule has 1 aliphatic rings. The number of nitrogens with zero attached hydrogens (tertiary/aromatic N) is 2. The summed E-state index contributed by atoms with van der Waals surface area (Å²) in [4.78, 5) is 27.4. The van der Waals surface area contributed by atoms with Crippen LogP contribution in [0.2, 0.25) is 0 Å². The van der Waals surface area contributed by atoms with Gasteiger partial charge in [-0.3, -0.25) is 14.5 Å². The Hall–Kier alpha value is -1.88. The molecule has 1 atom stereocenters. The van der Waals surface area contributed by atoms with Gasteiger partial charge in [0.2, 0.25) is 11.8 Å². The van der Waals surface area contributed by atoms with Crippen LogP contribution in [0, 0.1) is 0 Å². The van der Waals surface area contributed by atoms with Crippen LogP contribution in [-0.4, -0.2) is 48.3 Å². The van der Waals surface area contributed by atoms with Crippen molar-refractivity contribution < 1.29 is 9.59 Å². The summed E-state index contributed by atoms with van der Waals surface area (Å²) in [5, 5.41) is 0. The van der Waals surface area contributed by atoms with Crippen LogP contribution in [0.3, 0.4) is 0 Å². The molecule has 1 saturated heterocycles. The van der Waals surface area contributed by atoms with Crippen LogP contribution < -0.4 is 5.73 Å². The van der Waals surface area contributed by atoms with Gasteiger partial charge in [-0.25, -0.2) is 0 Å². The summed E-state index contributed by atoms with van der Waals surface area (Å²) in [6, 6.07) is 9.10. The highest BCUT2D eigenvalue weighted by molar-refractivity contribution is 5.84. The molecule has 108 valence electrons. The van der Waals surface area contributed by atoms with E-state index in [-0.39, 0.29) is 12.5 Å². The van der Waals surface area contributed by atoms with Crippen molar-refractivity contribution in [3.05, 3.63) is 35.9 Å². The van der Waals surface area contributed by atoms with Crippen molar-refractivity contribution in [2.24, 2.45) is 5.73 Å². The Balaban J connectivity index is 2.23. The van der Waals surface area contributed by atoms with Crippen LogP contribution in [0.4, 0.5) is 0 Å². The van der Waals surface area contributed by atoms with E-state index in [1.165, 1.54) is 0 Å². The van der Waals surface area contributed by atoms with Crippen LogP contribution in [0.1, 0.15) is 24.4 Å². The first-order chi connectivity index (χ1) is 9.59. The summed E-state index contributed by atoms with van der Waals surface area (Å²) in [5.74, 6) is -0.375. The topological polar surface area (TPSA) is 66.6 Å². The van der Waals surface area contributed by atoms with Crippen molar-refractivity contribution in [2.75, 3.05) is 26.7 Å². The molecule has 0 aliphatic carbocycles. The normalized spacial score (nSPS) is 16.4. The van der Waals surface area contributed by atoms with Gasteiger partial charge in [0.15, 0.2) is 0 Å². The minimum atomic E-state index is -0.443. The molecule has 1 aromatic rings. The lowest BCUT2D eigenvalue weighted by molar-refractivity contribution is -0.136. The summed E-state index contributed by atoms with van der Waals surface area (Å²) in [7, 11) is 1.76. The van der Waals surface area contributed by atoms with Gasteiger partial charge in [-0.1, -0.05) is 30.3 Å². The first kappa shape index (κ1) is 14.5. The standard InChI is InChI=1S/C15H21N3O2/c1-17(11-13(16)19)14(12-7-3-2-4-8-12)15(20)18-9-5-6-10-18/h2-4,7-8,14H,5-6,9-11H2,1H3,(H2,16,19)/t14-/m1/s1. The van der Waals surface area contributed by atoms with Crippen LogP contribution in [0.25, 0.3) is 0 Å². The highest BCUT2D eigenvalue weighted by Crippen LogP contribution is 2.23. The van der Waals surface area contributed by atoms with Crippen molar-refractivity contribution in [3.8, 4) is 0 Å². The van der Waals surface area contributed by atoms with E-state index in [4.69, 9.17) is 5.73 Å². The fourth-order valence-corrected chi connectivity index (χ4v) is 2.67. The van der Waals surface area contributed by atoms with Gasteiger partial charge >= 0.3 is 0 Å². The molecule has 1 aliphatic heterocycles. The Labute approximate surface area is 119 Å². The summed E-state index contributed by atoms with van der Waals surface area (Å²) in [6.45, 7) is 1.66. The van der Waals surface area contributed by atoms with Gasteiger partial charge in [-0.05, 0) is 25.5 Å². The van der Waals surface area contributed by atoms with Gasteiger partial charge < -0.3 is 10.6 Å². The number of carbonyl (C=O) groups excluding carboxylic acids is 2. The number of amides is 2. The van der Waals surface area contributed by atoms with Gasteiger partial charge in [0.25, 0.3) is 0 Å². The van der Waals surface area contributed by atoms with E-state index in [0.29, 0.717) is 0 Å². The Morgan fingerprint density at radius 1 is 1.25 bits per heavy atom. The zero-order valence-electron chi connectivity index (χ0n) is 11.8. The van der Waals surface area contributed by atoms with E-state index in [1.807, 2.05) is 35.2 Å². The smallest absolute Gasteiger partial charge is 0.244 e. The summed E-state index contributed by atoms with van der Waals surface area (Å²) in [6.07, 6.45) is 2.10. The summed E-state index contributed by atoms with van der Waals surface area (Å²) >= 11 is 0. The van der Waals surface area contributed by atoms with Crippen LogP contribution in [-0.2, 0) is 9.59 Å². The lowest BCUT2D eigenvalue weighted by atomic mass is 10.0. The van der Waals surface area contributed by atoms with Crippen molar-refractivity contribution in [1.29, 1.82) is 0 Å². The number of carbonyl (C=O) groups is 2. The Morgan fingerprint density at radius 2 is 1.85 bits per heavy atom. The van der Waals surface area contributed by atoms with Crippen molar-refractivity contribution in [1.82, 2.24) is 9.80 Å². The molecule has 1 fully saturated rings. The number of hydrogen-bond acceptors (Lipinski definition) is 3. The number of primary amides is 1. The molecule has 2 N–H and O–H groups in total. The van der Waals surface area contributed by atoms with E-state index in [9.17, 15) is 9.59 Å². The van der Waals surface area contributed by atoms with Gasteiger partial charge in [-0.2, -0.15) is 0 Å². The second-order valence-electron chi connectivity index (χ2n) is 5.23. The zero-order valence-corrected chi connectivity index (χ0v) is 11.8. The number of benzene rings is 1.